The van der Waals surface area contributed by atoms with Crippen LogP contribution < -0.4 is 4.74 Å². The normalized spacial score (nSPS) is 9.81. The molecule has 1 rings (SSSR count). The second kappa shape index (κ2) is 7.29. The third-order valence-electron chi connectivity index (χ3n) is 2.30. The lowest BCUT2D eigenvalue weighted by atomic mass is 10.1. The quantitative estimate of drug-likeness (QED) is 0.584. The minimum Gasteiger partial charge on any atom is -0.493 e. The van der Waals surface area contributed by atoms with E-state index >= 15 is 0 Å². The van der Waals surface area contributed by atoms with Crippen LogP contribution in [0.2, 0.25) is 0 Å². The number of alkyl halides is 1. The predicted octanol–water partition coefficient (Wildman–Crippen LogP) is 3.96. The van der Waals surface area contributed by atoms with Crippen molar-refractivity contribution in [2.45, 2.75) is 31.5 Å². The molecule has 0 spiro atoms. The van der Waals surface area contributed by atoms with Crippen molar-refractivity contribution in [3.05, 3.63) is 29.3 Å². The average Bonchev–Trinajstić information content (AvgIpc) is 2.30. The molecule has 86 valence electrons. The molecule has 0 aliphatic carbocycles. The van der Waals surface area contributed by atoms with Gasteiger partial charge < -0.3 is 4.74 Å². The van der Waals surface area contributed by atoms with Crippen LogP contribution in [0.3, 0.4) is 0 Å². The molecule has 0 aromatic heterocycles. The van der Waals surface area contributed by atoms with E-state index in [1.54, 1.807) is 0 Å². The van der Waals surface area contributed by atoms with Gasteiger partial charge in [-0.1, -0.05) is 33.6 Å². The molecule has 0 saturated heterocycles. The average molecular weight is 282 g/mol. The van der Waals surface area contributed by atoms with Crippen molar-refractivity contribution < 1.29 is 4.74 Å². The molecule has 0 N–H and O–H groups in total. The van der Waals surface area contributed by atoms with Gasteiger partial charge in [0.15, 0.2) is 0 Å². The van der Waals surface area contributed by atoms with E-state index in [2.05, 4.69) is 41.1 Å². The molecule has 16 heavy (non-hydrogen) atoms. The summed E-state index contributed by atoms with van der Waals surface area (Å²) in [6.07, 6.45) is 2.46. The standard InChI is InChI=1S/C13H16BrNO/c1-11-5-6-13(12(9-11)10-14)16-8-4-2-3-7-15/h5-6,9H,2-4,8,10H2,1H3. The maximum absolute atomic E-state index is 8.40. The molecule has 0 aliphatic rings. The van der Waals surface area contributed by atoms with Crippen molar-refractivity contribution in [2.75, 3.05) is 6.61 Å². The van der Waals surface area contributed by atoms with E-state index in [0.29, 0.717) is 13.0 Å². The topological polar surface area (TPSA) is 33.0 Å². The van der Waals surface area contributed by atoms with Crippen LogP contribution in [0.15, 0.2) is 18.2 Å². The van der Waals surface area contributed by atoms with Crippen molar-refractivity contribution >= 4 is 15.9 Å². The fourth-order valence-corrected chi connectivity index (χ4v) is 1.88. The molecular weight excluding hydrogens is 266 g/mol. The first-order valence-corrected chi connectivity index (χ1v) is 6.55. The summed E-state index contributed by atoms with van der Waals surface area (Å²) in [5.74, 6) is 0.944. The Morgan fingerprint density at radius 1 is 1.38 bits per heavy atom. The van der Waals surface area contributed by atoms with Crippen LogP contribution in [0, 0.1) is 18.3 Å². The summed E-state index contributed by atoms with van der Waals surface area (Å²) >= 11 is 3.45. The number of unbranched alkanes of at least 4 members (excludes halogenated alkanes) is 2. The van der Waals surface area contributed by atoms with E-state index in [1.165, 1.54) is 11.1 Å². The van der Waals surface area contributed by atoms with Crippen molar-refractivity contribution in [2.24, 2.45) is 0 Å². The van der Waals surface area contributed by atoms with Gasteiger partial charge >= 0.3 is 0 Å². The molecule has 0 fully saturated rings. The number of hydrogen-bond acceptors (Lipinski definition) is 2. The highest BCUT2D eigenvalue weighted by Crippen LogP contribution is 2.22. The number of halogens is 1. The van der Waals surface area contributed by atoms with Gasteiger partial charge in [0, 0.05) is 17.3 Å². The van der Waals surface area contributed by atoms with Crippen LogP contribution in [0.5, 0.6) is 5.75 Å². The Bertz CT molecular complexity index is 371. The van der Waals surface area contributed by atoms with Gasteiger partial charge in [-0.2, -0.15) is 5.26 Å². The van der Waals surface area contributed by atoms with Crippen LogP contribution in [0.4, 0.5) is 0 Å². The van der Waals surface area contributed by atoms with E-state index < -0.39 is 0 Å². The molecule has 0 unspecified atom stereocenters. The Labute approximate surface area is 105 Å². The van der Waals surface area contributed by atoms with Crippen molar-refractivity contribution in [3.8, 4) is 11.8 Å². The summed E-state index contributed by atoms with van der Waals surface area (Å²) in [6, 6.07) is 8.32. The van der Waals surface area contributed by atoms with Gasteiger partial charge in [-0.25, -0.2) is 0 Å². The number of nitrogens with zero attached hydrogens (tertiary/aromatic N) is 1. The molecule has 3 heteroatoms. The first-order chi connectivity index (χ1) is 7.77. The molecule has 0 bridgehead atoms. The minimum atomic E-state index is 0.614. The van der Waals surface area contributed by atoms with E-state index in [9.17, 15) is 0 Å². The number of hydrogen-bond donors (Lipinski definition) is 0. The summed E-state index contributed by atoms with van der Waals surface area (Å²) in [4.78, 5) is 0. The summed E-state index contributed by atoms with van der Waals surface area (Å²) in [6.45, 7) is 2.76. The Hall–Kier alpha value is -1.01. The molecule has 0 saturated carbocycles. The SMILES string of the molecule is Cc1ccc(OCCCCC#N)c(CBr)c1. The maximum Gasteiger partial charge on any atom is 0.123 e. The van der Waals surface area contributed by atoms with Gasteiger partial charge in [0.05, 0.1) is 12.7 Å². The Kier molecular flexibility index (Phi) is 5.95. The van der Waals surface area contributed by atoms with E-state index in [4.69, 9.17) is 10.00 Å². The maximum atomic E-state index is 8.40. The molecule has 0 aliphatic heterocycles. The first kappa shape index (κ1) is 13.1. The van der Waals surface area contributed by atoms with Crippen LogP contribution in [-0.2, 0) is 5.33 Å². The number of rotatable bonds is 6. The van der Waals surface area contributed by atoms with Gasteiger partial charge in [-0.15, -0.1) is 0 Å². The molecule has 0 amide bonds. The number of ether oxygens (including phenoxy) is 1. The number of benzene rings is 1. The zero-order valence-corrected chi connectivity index (χ0v) is 11.1. The Morgan fingerprint density at radius 2 is 2.19 bits per heavy atom. The van der Waals surface area contributed by atoms with Crippen molar-refractivity contribution in [1.29, 1.82) is 5.26 Å². The van der Waals surface area contributed by atoms with Crippen molar-refractivity contribution in [1.82, 2.24) is 0 Å². The minimum absolute atomic E-state index is 0.614. The summed E-state index contributed by atoms with van der Waals surface area (Å²) in [5.41, 5.74) is 2.42. The lowest BCUT2D eigenvalue weighted by Gasteiger charge is -2.10. The van der Waals surface area contributed by atoms with E-state index in [0.717, 1.165) is 23.9 Å². The lowest BCUT2D eigenvalue weighted by Crippen LogP contribution is -1.99. The van der Waals surface area contributed by atoms with Crippen LogP contribution >= 0.6 is 15.9 Å². The number of nitriles is 1. The number of aryl methyl sites for hydroxylation is 1. The molecule has 1 aromatic rings. The molecule has 0 heterocycles. The molecule has 0 radical (unpaired) electrons. The highest BCUT2D eigenvalue weighted by molar-refractivity contribution is 9.08. The van der Waals surface area contributed by atoms with Gasteiger partial charge in [0.25, 0.3) is 0 Å². The van der Waals surface area contributed by atoms with Crippen LogP contribution in [0.1, 0.15) is 30.4 Å². The zero-order valence-electron chi connectivity index (χ0n) is 9.50. The summed E-state index contributed by atoms with van der Waals surface area (Å²) < 4.78 is 5.69. The van der Waals surface area contributed by atoms with Crippen LogP contribution in [0.25, 0.3) is 0 Å². The van der Waals surface area contributed by atoms with Gasteiger partial charge in [0.2, 0.25) is 0 Å². The lowest BCUT2D eigenvalue weighted by molar-refractivity contribution is 0.305. The largest absolute Gasteiger partial charge is 0.493 e. The third kappa shape index (κ3) is 4.24. The van der Waals surface area contributed by atoms with Gasteiger partial charge in [-0.05, 0) is 25.8 Å². The molecule has 1 aromatic carbocycles. The van der Waals surface area contributed by atoms with Gasteiger partial charge in [-0.3, -0.25) is 0 Å². The smallest absolute Gasteiger partial charge is 0.123 e. The fraction of sp³-hybridized carbons (Fsp3) is 0.462. The second-order valence-electron chi connectivity index (χ2n) is 3.71. The Morgan fingerprint density at radius 3 is 2.88 bits per heavy atom. The van der Waals surface area contributed by atoms with Crippen molar-refractivity contribution in [3.63, 3.8) is 0 Å². The van der Waals surface area contributed by atoms with Gasteiger partial charge in [0.1, 0.15) is 5.75 Å². The zero-order chi connectivity index (χ0) is 11.8. The Balaban J connectivity index is 2.44. The molecule has 0 atom stereocenters. The summed E-state index contributed by atoms with van der Waals surface area (Å²) in [5, 5.41) is 9.21. The fourth-order valence-electron chi connectivity index (χ4n) is 1.44. The third-order valence-corrected chi connectivity index (χ3v) is 2.90. The monoisotopic (exact) mass is 281 g/mol. The highest BCUT2D eigenvalue weighted by Gasteiger charge is 2.02. The summed E-state index contributed by atoms with van der Waals surface area (Å²) in [7, 11) is 0. The van der Waals surface area contributed by atoms with E-state index in [1.807, 2.05) is 6.07 Å². The molecule has 2 nitrogen and oxygen atoms in total. The second-order valence-corrected chi connectivity index (χ2v) is 4.27. The predicted molar refractivity (Wildman–Crippen MR) is 68.8 cm³/mol. The first-order valence-electron chi connectivity index (χ1n) is 5.43. The molecular formula is C13H16BrNO. The van der Waals surface area contributed by atoms with Crippen LogP contribution in [-0.4, -0.2) is 6.61 Å². The van der Waals surface area contributed by atoms with E-state index in [-0.39, 0.29) is 0 Å². The highest BCUT2D eigenvalue weighted by atomic mass is 79.9.